The van der Waals surface area contributed by atoms with E-state index in [0.29, 0.717) is 30.0 Å². The molecule has 0 unspecified atom stereocenters. The summed E-state index contributed by atoms with van der Waals surface area (Å²) in [6, 6.07) is 14.4. The number of rotatable bonds is 4. The van der Waals surface area contributed by atoms with Gasteiger partial charge in [0.15, 0.2) is 0 Å². The summed E-state index contributed by atoms with van der Waals surface area (Å²) in [7, 11) is 0. The lowest BCUT2D eigenvalue weighted by molar-refractivity contribution is -0.140. The average Bonchev–Trinajstić information content (AvgIpc) is 3.24. The third-order valence-corrected chi connectivity index (χ3v) is 3.68. The van der Waals surface area contributed by atoms with E-state index >= 15 is 0 Å². The van der Waals surface area contributed by atoms with Crippen molar-refractivity contribution in [2.45, 2.75) is 18.3 Å². The van der Waals surface area contributed by atoms with Crippen LogP contribution in [-0.2, 0) is 10.2 Å². The highest BCUT2D eigenvalue weighted by Gasteiger charge is 2.51. The molecule has 1 aliphatic carbocycles. The number of ether oxygens (including phenoxy) is 1. The van der Waals surface area contributed by atoms with Crippen LogP contribution in [0.5, 0.6) is 11.5 Å². The molecule has 1 saturated carbocycles. The van der Waals surface area contributed by atoms with E-state index in [1.165, 1.54) is 0 Å². The van der Waals surface area contributed by atoms with E-state index in [0.717, 1.165) is 5.56 Å². The van der Waals surface area contributed by atoms with Gasteiger partial charge in [0.05, 0.1) is 5.41 Å². The van der Waals surface area contributed by atoms with Crippen LogP contribution in [0.2, 0.25) is 0 Å². The summed E-state index contributed by atoms with van der Waals surface area (Å²) in [6.45, 7) is 0. The third kappa shape index (κ3) is 2.20. The Morgan fingerprint density at radius 3 is 1.95 bits per heavy atom. The molecule has 0 spiro atoms. The van der Waals surface area contributed by atoms with Crippen molar-refractivity contribution in [3.8, 4) is 11.5 Å². The molecule has 20 heavy (non-hydrogen) atoms. The normalized spacial score (nSPS) is 15.6. The molecule has 1 fully saturated rings. The van der Waals surface area contributed by atoms with Gasteiger partial charge < -0.3 is 15.6 Å². The maximum absolute atomic E-state index is 11.2. The summed E-state index contributed by atoms with van der Waals surface area (Å²) in [5.74, 6) is 0.635. The predicted octanol–water partition coefficient (Wildman–Crippen LogP) is 3.18. The molecule has 0 amide bonds. The van der Waals surface area contributed by atoms with Gasteiger partial charge in [-0.1, -0.05) is 12.1 Å². The number of carboxylic acids is 1. The van der Waals surface area contributed by atoms with E-state index < -0.39 is 11.4 Å². The Labute approximate surface area is 116 Å². The first kappa shape index (κ1) is 12.5. The van der Waals surface area contributed by atoms with Crippen molar-refractivity contribution in [1.29, 1.82) is 0 Å². The summed E-state index contributed by atoms with van der Waals surface area (Å²) in [6.07, 6.45) is 1.42. The number of hydrogen-bond donors (Lipinski definition) is 2. The summed E-state index contributed by atoms with van der Waals surface area (Å²) in [5, 5.41) is 9.24. The van der Waals surface area contributed by atoms with Crippen LogP contribution in [0.4, 0.5) is 5.69 Å². The van der Waals surface area contributed by atoms with Crippen molar-refractivity contribution in [2.24, 2.45) is 0 Å². The summed E-state index contributed by atoms with van der Waals surface area (Å²) < 4.78 is 5.68. The standard InChI is InChI=1S/C16H15NO3/c17-12-3-7-14(8-4-12)20-13-5-1-11(2-6-13)16(9-10-16)15(18)19/h1-8H,9-10,17H2,(H,18,19). The molecule has 0 bridgehead atoms. The third-order valence-electron chi connectivity index (χ3n) is 3.68. The Morgan fingerprint density at radius 1 is 1.00 bits per heavy atom. The van der Waals surface area contributed by atoms with Crippen molar-refractivity contribution in [1.82, 2.24) is 0 Å². The van der Waals surface area contributed by atoms with Crippen LogP contribution in [0.1, 0.15) is 18.4 Å². The number of anilines is 1. The monoisotopic (exact) mass is 269 g/mol. The second kappa shape index (κ2) is 4.56. The van der Waals surface area contributed by atoms with Crippen LogP contribution in [0.15, 0.2) is 48.5 Å². The smallest absolute Gasteiger partial charge is 0.314 e. The molecular weight excluding hydrogens is 254 g/mol. The zero-order valence-electron chi connectivity index (χ0n) is 10.9. The highest BCUT2D eigenvalue weighted by atomic mass is 16.5. The first-order valence-electron chi connectivity index (χ1n) is 6.47. The molecule has 0 saturated heterocycles. The van der Waals surface area contributed by atoms with Gasteiger partial charge in [-0.2, -0.15) is 0 Å². The van der Waals surface area contributed by atoms with E-state index in [1.54, 1.807) is 36.4 Å². The lowest BCUT2D eigenvalue weighted by atomic mass is 9.96. The zero-order valence-corrected chi connectivity index (χ0v) is 10.9. The fourth-order valence-electron chi connectivity index (χ4n) is 2.26. The predicted molar refractivity (Wildman–Crippen MR) is 75.9 cm³/mol. The molecule has 4 nitrogen and oxygen atoms in total. The van der Waals surface area contributed by atoms with Crippen molar-refractivity contribution in [3.63, 3.8) is 0 Å². The molecule has 0 heterocycles. The quantitative estimate of drug-likeness (QED) is 0.836. The van der Waals surface area contributed by atoms with Crippen LogP contribution >= 0.6 is 0 Å². The number of carbonyl (C=O) groups is 1. The Bertz CT molecular complexity index is 628. The minimum absolute atomic E-state index is 0.667. The lowest BCUT2D eigenvalue weighted by Crippen LogP contribution is -2.19. The van der Waals surface area contributed by atoms with Crippen LogP contribution < -0.4 is 10.5 Å². The van der Waals surface area contributed by atoms with E-state index in [-0.39, 0.29) is 0 Å². The second-order valence-corrected chi connectivity index (χ2v) is 5.08. The molecule has 0 aliphatic heterocycles. The van der Waals surface area contributed by atoms with Crippen molar-refractivity contribution >= 4 is 11.7 Å². The Kier molecular flexibility index (Phi) is 2.86. The van der Waals surface area contributed by atoms with Crippen LogP contribution in [0.3, 0.4) is 0 Å². The Morgan fingerprint density at radius 2 is 1.50 bits per heavy atom. The van der Waals surface area contributed by atoms with Gasteiger partial charge in [-0.3, -0.25) is 4.79 Å². The maximum atomic E-state index is 11.2. The SMILES string of the molecule is Nc1ccc(Oc2ccc(C3(C(=O)O)CC3)cc2)cc1. The number of aliphatic carboxylic acids is 1. The summed E-state index contributed by atoms with van der Waals surface area (Å²) >= 11 is 0. The second-order valence-electron chi connectivity index (χ2n) is 5.08. The van der Waals surface area contributed by atoms with Crippen LogP contribution in [-0.4, -0.2) is 11.1 Å². The minimum Gasteiger partial charge on any atom is -0.481 e. The topological polar surface area (TPSA) is 72.5 Å². The fourth-order valence-corrected chi connectivity index (χ4v) is 2.26. The Hall–Kier alpha value is -2.49. The lowest BCUT2D eigenvalue weighted by Gasteiger charge is -2.11. The molecular formula is C16H15NO3. The Balaban J connectivity index is 1.77. The number of hydrogen-bond acceptors (Lipinski definition) is 3. The first-order chi connectivity index (χ1) is 9.60. The number of nitrogens with two attached hydrogens (primary N) is 1. The van der Waals surface area contributed by atoms with Gasteiger partial charge in [0.25, 0.3) is 0 Å². The first-order valence-corrected chi connectivity index (χ1v) is 6.47. The van der Waals surface area contributed by atoms with Crippen molar-refractivity contribution in [2.75, 3.05) is 5.73 Å². The van der Waals surface area contributed by atoms with E-state index in [9.17, 15) is 9.90 Å². The summed E-state index contributed by atoms with van der Waals surface area (Å²) in [5.41, 5.74) is 6.47. The molecule has 0 aromatic heterocycles. The van der Waals surface area contributed by atoms with Gasteiger partial charge in [-0.05, 0) is 54.8 Å². The molecule has 2 aromatic carbocycles. The zero-order chi connectivity index (χ0) is 14.2. The van der Waals surface area contributed by atoms with Crippen LogP contribution in [0, 0.1) is 0 Å². The molecule has 102 valence electrons. The van der Waals surface area contributed by atoms with E-state index in [1.807, 2.05) is 12.1 Å². The molecule has 3 rings (SSSR count). The van der Waals surface area contributed by atoms with E-state index in [2.05, 4.69) is 0 Å². The van der Waals surface area contributed by atoms with Gasteiger partial charge in [0.1, 0.15) is 11.5 Å². The molecule has 1 aliphatic rings. The molecule has 3 N–H and O–H groups in total. The highest BCUT2D eigenvalue weighted by molar-refractivity contribution is 5.84. The van der Waals surface area contributed by atoms with E-state index in [4.69, 9.17) is 10.5 Å². The van der Waals surface area contributed by atoms with Gasteiger partial charge in [0, 0.05) is 5.69 Å². The number of carboxylic acid groups (broad SMARTS) is 1. The summed E-state index contributed by atoms with van der Waals surface area (Å²) in [4.78, 5) is 11.2. The fraction of sp³-hybridized carbons (Fsp3) is 0.188. The van der Waals surface area contributed by atoms with Gasteiger partial charge in [-0.15, -0.1) is 0 Å². The number of nitrogen functional groups attached to an aromatic ring is 1. The maximum Gasteiger partial charge on any atom is 0.314 e. The molecule has 2 aromatic rings. The largest absolute Gasteiger partial charge is 0.481 e. The molecule has 4 heteroatoms. The molecule has 0 atom stereocenters. The molecule has 0 radical (unpaired) electrons. The number of benzene rings is 2. The van der Waals surface area contributed by atoms with Crippen molar-refractivity contribution < 1.29 is 14.6 Å². The van der Waals surface area contributed by atoms with Crippen molar-refractivity contribution in [3.05, 3.63) is 54.1 Å². The van der Waals surface area contributed by atoms with Gasteiger partial charge >= 0.3 is 5.97 Å². The van der Waals surface area contributed by atoms with Crippen LogP contribution in [0.25, 0.3) is 0 Å². The minimum atomic E-state index is -0.746. The van der Waals surface area contributed by atoms with Gasteiger partial charge in [0.2, 0.25) is 0 Å². The highest BCUT2D eigenvalue weighted by Crippen LogP contribution is 2.48. The average molecular weight is 269 g/mol. The van der Waals surface area contributed by atoms with Gasteiger partial charge in [-0.25, -0.2) is 0 Å².